The predicted octanol–water partition coefficient (Wildman–Crippen LogP) is 29.3. The summed E-state index contributed by atoms with van der Waals surface area (Å²) in [5, 5.41) is 10.1. The van der Waals surface area contributed by atoms with Crippen LogP contribution in [0.25, 0.3) is 121 Å². The summed E-state index contributed by atoms with van der Waals surface area (Å²) in [7, 11) is -0.386. The zero-order chi connectivity index (χ0) is 76.0. The third-order valence-corrected chi connectivity index (χ3v) is 22.5. The maximum atomic E-state index is 6.29. The zero-order valence-electron chi connectivity index (χ0n) is 63.1. The van der Waals surface area contributed by atoms with E-state index in [0.29, 0.717) is 0 Å². The molecule has 538 valence electrons. The molecular weight excluding hydrogens is 1420 g/mol. The van der Waals surface area contributed by atoms with Crippen LogP contribution in [0.3, 0.4) is 0 Å². The Morgan fingerprint density at radius 3 is 0.750 bits per heavy atom. The molecule has 0 aliphatic carbocycles. The van der Waals surface area contributed by atoms with Crippen LogP contribution in [-0.4, -0.2) is 18.3 Å². The maximum absolute atomic E-state index is 6.29. The number of fused-ring (bicyclic) bond motifs is 4. The van der Waals surface area contributed by atoms with Crippen molar-refractivity contribution in [3.05, 3.63) is 429 Å². The molecule has 112 heavy (non-hydrogen) atoms. The van der Waals surface area contributed by atoms with Crippen molar-refractivity contribution in [1.82, 2.24) is 0 Å². The quantitative estimate of drug-likeness (QED) is 0.101. The lowest BCUT2D eigenvalue weighted by Crippen LogP contribution is -2.41. The van der Waals surface area contributed by atoms with Gasteiger partial charge in [-0.1, -0.05) is 331 Å². The molecule has 0 aromatic heterocycles. The minimum absolute atomic E-state index is 0.372. The molecule has 18 aromatic carbocycles. The van der Waals surface area contributed by atoms with Gasteiger partial charge < -0.3 is 19.1 Å². The third kappa shape index (κ3) is 15.5. The number of halogens is 1. The van der Waals surface area contributed by atoms with Crippen molar-refractivity contribution in [2.45, 2.75) is 38.9 Å². The van der Waals surface area contributed by atoms with Crippen LogP contribution < -0.4 is 15.3 Å². The van der Waals surface area contributed by atoms with Gasteiger partial charge in [-0.05, 0) is 263 Å². The summed E-state index contributed by atoms with van der Waals surface area (Å²) in [5.74, 6) is 0. The third-order valence-electron chi connectivity index (χ3n) is 21.9. The van der Waals surface area contributed by atoms with Crippen molar-refractivity contribution in [3.8, 4) is 77.9 Å². The van der Waals surface area contributed by atoms with Crippen molar-refractivity contribution >= 4 is 106 Å². The molecule has 1 aliphatic heterocycles. The van der Waals surface area contributed by atoms with Gasteiger partial charge in [0.15, 0.2) is 0 Å². The average Bonchev–Trinajstić information content (AvgIpc) is 1.12. The van der Waals surface area contributed by atoms with Crippen LogP contribution >= 0.6 is 15.9 Å². The van der Waals surface area contributed by atoms with E-state index in [1.165, 1.54) is 121 Å². The monoisotopic (exact) mass is 1500 g/mol. The van der Waals surface area contributed by atoms with Gasteiger partial charge >= 0.3 is 7.12 Å². The van der Waals surface area contributed by atoms with Gasteiger partial charge in [0.05, 0.1) is 11.2 Å². The molecule has 6 heteroatoms. The van der Waals surface area contributed by atoms with Crippen LogP contribution in [0.2, 0.25) is 0 Å². The molecule has 4 nitrogen and oxygen atoms in total. The highest BCUT2D eigenvalue weighted by molar-refractivity contribution is 9.10. The van der Waals surface area contributed by atoms with E-state index >= 15 is 0 Å². The molecule has 1 heterocycles. The molecule has 0 radical (unpaired) electrons. The molecule has 1 aliphatic rings. The highest BCUT2D eigenvalue weighted by Gasteiger charge is 2.51. The lowest BCUT2D eigenvalue weighted by Gasteiger charge is -2.32. The van der Waals surface area contributed by atoms with Crippen molar-refractivity contribution < 1.29 is 9.31 Å². The topological polar surface area (TPSA) is 24.9 Å². The summed E-state index contributed by atoms with van der Waals surface area (Å²) in [6.45, 7) is 8.34. The minimum Gasteiger partial charge on any atom is -0.399 e. The fourth-order valence-corrected chi connectivity index (χ4v) is 15.6. The standard InChI is InChI=1S/C50H35N.C36H34BNO2.C20H13Br/c1-3-11-36(12-4-1)39-21-27-46(28-22-39)51(47-29-23-40(24-30-47)37-13-5-2-6-14-37)48-31-25-41(26-32-48)49-34-43-17-9-10-18-44(43)35-50(49)45-20-19-38-15-7-8-16-42(38)33-45;1-35(2)36(3,4)40-37(39-35)31-19-25-34(26-20-31)38(32-21-15-29(16-22-32)27-11-7-5-8-12-27)33-23-17-30(18-24-33)28-13-9-6-10-14-28;21-20-13-17-8-4-3-7-16(17)12-19(20)18-10-9-14-5-1-2-6-15(14)11-18/h1-35H;5-26H,1-4H3;1-13H. The number of anilines is 6. The highest BCUT2D eigenvalue weighted by atomic mass is 79.9. The smallest absolute Gasteiger partial charge is 0.399 e. The number of nitrogens with zero attached hydrogens (tertiary/aromatic N) is 2. The number of hydrogen-bond acceptors (Lipinski definition) is 4. The molecule has 18 aromatic rings. The Hall–Kier alpha value is -12.9. The Morgan fingerprint density at radius 2 is 0.429 bits per heavy atom. The van der Waals surface area contributed by atoms with E-state index in [0.717, 1.165) is 44.1 Å². The van der Waals surface area contributed by atoms with Crippen molar-refractivity contribution in [1.29, 1.82) is 0 Å². The first-order valence-electron chi connectivity index (χ1n) is 38.4. The molecule has 0 spiro atoms. The molecule has 0 atom stereocenters. The Labute approximate surface area is 666 Å². The number of benzene rings is 18. The van der Waals surface area contributed by atoms with E-state index in [9.17, 15) is 0 Å². The predicted molar refractivity (Wildman–Crippen MR) is 480 cm³/mol. The van der Waals surface area contributed by atoms with Gasteiger partial charge in [0.2, 0.25) is 0 Å². The van der Waals surface area contributed by atoms with Crippen LogP contribution in [0, 0.1) is 0 Å². The molecular formula is C106H82BBrN2O2. The fourth-order valence-electron chi connectivity index (χ4n) is 15.0. The van der Waals surface area contributed by atoms with E-state index in [1.54, 1.807) is 0 Å². The van der Waals surface area contributed by atoms with Gasteiger partial charge in [-0.2, -0.15) is 0 Å². The molecule has 0 amide bonds. The van der Waals surface area contributed by atoms with Gasteiger partial charge in [0, 0.05) is 38.6 Å². The molecule has 1 saturated heterocycles. The Kier molecular flexibility index (Phi) is 20.5. The second-order valence-corrected chi connectivity index (χ2v) is 30.5. The summed E-state index contributed by atoms with van der Waals surface area (Å²) < 4.78 is 13.7. The van der Waals surface area contributed by atoms with Crippen molar-refractivity contribution in [2.24, 2.45) is 0 Å². The molecule has 0 bridgehead atoms. The summed E-state index contributed by atoms with van der Waals surface area (Å²) in [4.78, 5) is 4.63. The van der Waals surface area contributed by atoms with E-state index in [1.807, 2.05) is 12.1 Å². The fraction of sp³-hybridized carbons (Fsp3) is 0.0566. The van der Waals surface area contributed by atoms with Crippen molar-refractivity contribution in [2.75, 3.05) is 9.80 Å². The molecule has 19 rings (SSSR count). The van der Waals surface area contributed by atoms with Crippen LogP contribution in [0.4, 0.5) is 34.1 Å². The van der Waals surface area contributed by atoms with E-state index < -0.39 is 0 Å². The second kappa shape index (κ2) is 31.9. The van der Waals surface area contributed by atoms with Gasteiger partial charge in [0.1, 0.15) is 0 Å². The lowest BCUT2D eigenvalue weighted by molar-refractivity contribution is 0.00578. The normalized spacial score (nSPS) is 12.7. The van der Waals surface area contributed by atoms with Crippen LogP contribution in [-0.2, 0) is 9.31 Å². The largest absolute Gasteiger partial charge is 0.494 e. The SMILES string of the molecule is Brc1cc2ccccc2cc1-c1ccc2ccccc2c1.CC1(C)OB(c2ccc(N(c3ccc(-c4ccccc4)cc3)c3ccc(-c4ccccc4)cc3)cc2)OC1(C)C.c1ccc(-c2ccc(N(c3ccc(-c4ccccc4)cc3)c3ccc(-c4cc5ccccc5cc4-c4ccc5ccccc5c4)cc3)cc2)cc1. The maximum Gasteiger partial charge on any atom is 0.494 e. The molecule has 0 N–H and O–H groups in total. The van der Waals surface area contributed by atoms with E-state index in [-0.39, 0.29) is 18.3 Å². The first-order valence-corrected chi connectivity index (χ1v) is 39.2. The van der Waals surface area contributed by atoms with E-state index in [4.69, 9.17) is 9.31 Å². The lowest BCUT2D eigenvalue weighted by atomic mass is 9.79. The van der Waals surface area contributed by atoms with Crippen LogP contribution in [0.5, 0.6) is 0 Å². The summed E-state index contributed by atoms with van der Waals surface area (Å²) in [5.41, 5.74) is 23.8. The van der Waals surface area contributed by atoms with E-state index in [2.05, 4.69) is 466 Å². The van der Waals surface area contributed by atoms with Crippen molar-refractivity contribution in [3.63, 3.8) is 0 Å². The Balaban J connectivity index is 0.000000132. The summed E-state index contributed by atoms with van der Waals surface area (Å²) in [6.07, 6.45) is 0. The number of rotatable bonds is 14. The first kappa shape index (κ1) is 72.0. The molecule has 0 saturated carbocycles. The van der Waals surface area contributed by atoms with Crippen LogP contribution in [0.1, 0.15) is 27.7 Å². The zero-order valence-corrected chi connectivity index (χ0v) is 64.7. The second-order valence-electron chi connectivity index (χ2n) is 29.6. The number of hydrogen-bond donors (Lipinski definition) is 0. The van der Waals surface area contributed by atoms with Gasteiger partial charge in [-0.3, -0.25) is 0 Å². The molecule has 1 fully saturated rings. The van der Waals surface area contributed by atoms with Gasteiger partial charge in [-0.25, -0.2) is 0 Å². The first-order chi connectivity index (χ1) is 54.9. The van der Waals surface area contributed by atoms with Gasteiger partial charge in [-0.15, -0.1) is 0 Å². The Bertz CT molecular complexity index is 6100. The summed E-state index contributed by atoms with van der Waals surface area (Å²) >= 11 is 3.72. The average molecular weight is 1510 g/mol. The summed E-state index contributed by atoms with van der Waals surface area (Å²) in [6, 6.07) is 152. The Morgan fingerprint density at radius 1 is 0.205 bits per heavy atom. The highest BCUT2D eigenvalue weighted by Crippen LogP contribution is 2.44. The molecule has 0 unspecified atom stereocenters. The van der Waals surface area contributed by atoms with Gasteiger partial charge in [0.25, 0.3) is 0 Å². The minimum atomic E-state index is -0.386. The van der Waals surface area contributed by atoms with Crippen LogP contribution in [0.15, 0.2) is 429 Å².